The molecule has 0 aromatic carbocycles. The highest BCUT2D eigenvalue weighted by molar-refractivity contribution is 7.85. The number of carbonyl (C=O) groups excluding carboxylic acids is 1. The lowest BCUT2D eigenvalue weighted by Crippen LogP contribution is -2.52. The Morgan fingerprint density at radius 2 is 1.86 bits per heavy atom. The number of hydrogen-bond donors (Lipinski definition) is 2. The molecule has 120 valence electrons. The molecule has 6 nitrogen and oxygen atoms in total. The van der Waals surface area contributed by atoms with Crippen LogP contribution >= 0.6 is 0 Å². The summed E-state index contributed by atoms with van der Waals surface area (Å²) in [6.07, 6.45) is 3.16. The molecule has 2 fully saturated rings. The Bertz CT molecular complexity index is 423. The summed E-state index contributed by atoms with van der Waals surface area (Å²) >= 11 is 0. The second kappa shape index (κ2) is 6.77. The molecule has 0 aliphatic carbocycles. The number of carboxylic acid groups (broad SMARTS) is 1. The zero-order chi connectivity index (χ0) is 15.5. The topological polar surface area (TPSA) is 86.7 Å². The quantitative estimate of drug-likeness (QED) is 0.818. The van der Waals surface area contributed by atoms with Crippen LogP contribution in [-0.4, -0.2) is 56.9 Å². The van der Waals surface area contributed by atoms with Crippen molar-refractivity contribution in [2.45, 2.75) is 45.1 Å². The van der Waals surface area contributed by atoms with Crippen LogP contribution in [0.15, 0.2) is 0 Å². The van der Waals surface area contributed by atoms with Crippen molar-refractivity contribution in [3.63, 3.8) is 0 Å². The molecule has 2 aliphatic rings. The summed E-state index contributed by atoms with van der Waals surface area (Å²) in [5.74, 6) is 0.561. The Morgan fingerprint density at radius 3 is 2.33 bits per heavy atom. The van der Waals surface area contributed by atoms with Crippen LogP contribution in [-0.2, 0) is 15.6 Å². The molecular formula is C14H24N2O4S. The minimum Gasteiger partial charge on any atom is -0.481 e. The van der Waals surface area contributed by atoms with E-state index >= 15 is 0 Å². The molecule has 0 unspecified atom stereocenters. The van der Waals surface area contributed by atoms with Crippen LogP contribution < -0.4 is 5.32 Å². The number of piperidine rings is 1. The van der Waals surface area contributed by atoms with E-state index in [1.807, 2.05) is 6.92 Å². The highest BCUT2D eigenvalue weighted by atomic mass is 32.2. The fourth-order valence-electron chi connectivity index (χ4n) is 3.06. The predicted octanol–water partition coefficient (Wildman–Crippen LogP) is 1.18. The van der Waals surface area contributed by atoms with Crippen LogP contribution in [0.1, 0.15) is 39.0 Å². The first-order valence-electron chi connectivity index (χ1n) is 7.60. The molecule has 7 heteroatoms. The summed E-state index contributed by atoms with van der Waals surface area (Å²) in [4.78, 5) is 25.3. The number of rotatable bonds is 3. The van der Waals surface area contributed by atoms with E-state index < -0.39 is 22.2 Å². The normalized spacial score (nSPS) is 28.9. The van der Waals surface area contributed by atoms with E-state index in [-0.39, 0.29) is 12.1 Å². The van der Waals surface area contributed by atoms with Crippen molar-refractivity contribution >= 4 is 22.8 Å². The number of amides is 2. The van der Waals surface area contributed by atoms with Gasteiger partial charge >= 0.3 is 12.0 Å². The van der Waals surface area contributed by atoms with E-state index in [1.165, 1.54) is 0 Å². The van der Waals surface area contributed by atoms with Crippen molar-refractivity contribution in [1.82, 2.24) is 10.2 Å². The van der Waals surface area contributed by atoms with Gasteiger partial charge in [-0.1, -0.05) is 6.92 Å². The summed E-state index contributed by atoms with van der Waals surface area (Å²) in [5.41, 5.74) is -0.668. The van der Waals surface area contributed by atoms with Crippen molar-refractivity contribution < 1.29 is 18.9 Å². The highest BCUT2D eigenvalue weighted by Crippen LogP contribution is 2.35. The number of aliphatic carboxylic acids is 1. The van der Waals surface area contributed by atoms with Crippen LogP contribution in [0, 0.1) is 5.41 Å². The van der Waals surface area contributed by atoms with Gasteiger partial charge in [-0.2, -0.15) is 0 Å². The number of hydrogen-bond acceptors (Lipinski definition) is 3. The third-order valence-electron chi connectivity index (χ3n) is 4.85. The number of urea groups is 1. The van der Waals surface area contributed by atoms with Crippen molar-refractivity contribution in [1.29, 1.82) is 0 Å². The molecule has 0 atom stereocenters. The van der Waals surface area contributed by atoms with Crippen molar-refractivity contribution in [3.05, 3.63) is 0 Å². The van der Waals surface area contributed by atoms with Gasteiger partial charge in [0.05, 0.1) is 5.41 Å². The third-order valence-corrected chi connectivity index (χ3v) is 6.24. The number of likely N-dealkylation sites (tertiary alicyclic amines) is 1. The first-order chi connectivity index (χ1) is 9.97. The first-order valence-corrected chi connectivity index (χ1v) is 9.09. The molecule has 0 aromatic heterocycles. The number of carboxylic acids is 1. The monoisotopic (exact) mass is 316 g/mol. The SMILES string of the molecule is CCC1(C(=O)O)CCN(C(=O)NC2CCS(=O)CC2)CC1. The minimum absolute atomic E-state index is 0.104. The fourth-order valence-corrected chi connectivity index (χ4v) is 4.36. The Kier molecular flexibility index (Phi) is 5.24. The lowest BCUT2D eigenvalue weighted by atomic mass is 9.76. The number of carbonyl (C=O) groups is 2. The minimum atomic E-state index is -0.750. The lowest BCUT2D eigenvalue weighted by molar-refractivity contribution is -0.151. The standard InChI is InChI=1S/C14H24N2O4S/c1-2-14(12(17)18)5-7-16(8-6-14)13(19)15-11-3-9-21(20)10-4-11/h11H,2-10H2,1H3,(H,15,19)(H,17,18). The van der Waals surface area contributed by atoms with Gasteiger partial charge < -0.3 is 15.3 Å². The van der Waals surface area contributed by atoms with Gasteiger partial charge in [0.1, 0.15) is 0 Å². The number of nitrogens with zero attached hydrogens (tertiary/aromatic N) is 1. The molecular weight excluding hydrogens is 292 g/mol. The maximum absolute atomic E-state index is 12.2. The molecule has 21 heavy (non-hydrogen) atoms. The van der Waals surface area contributed by atoms with E-state index in [4.69, 9.17) is 0 Å². The molecule has 2 heterocycles. The van der Waals surface area contributed by atoms with Crippen LogP contribution in [0.5, 0.6) is 0 Å². The van der Waals surface area contributed by atoms with Gasteiger partial charge in [0, 0.05) is 41.4 Å². The van der Waals surface area contributed by atoms with Crippen LogP contribution in [0.25, 0.3) is 0 Å². The zero-order valence-electron chi connectivity index (χ0n) is 12.5. The maximum Gasteiger partial charge on any atom is 0.317 e. The first kappa shape index (κ1) is 16.3. The van der Waals surface area contributed by atoms with Gasteiger partial charge in [-0.25, -0.2) is 4.79 Å². The second-order valence-electron chi connectivity index (χ2n) is 6.00. The van der Waals surface area contributed by atoms with Gasteiger partial charge in [-0.15, -0.1) is 0 Å². The Morgan fingerprint density at radius 1 is 1.29 bits per heavy atom. The highest BCUT2D eigenvalue weighted by Gasteiger charge is 2.41. The van der Waals surface area contributed by atoms with E-state index in [9.17, 15) is 18.9 Å². The molecule has 2 aliphatic heterocycles. The number of nitrogens with one attached hydrogen (secondary N) is 1. The van der Waals surface area contributed by atoms with E-state index in [0.717, 1.165) is 12.8 Å². The summed E-state index contributed by atoms with van der Waals surface area (Å²) in [6, 6.07) is -0.00435. The van der Waals surface area contributed by atoms with Crippen molar-refractivity contribution in [3.8, 4) is 0 Å². The Balaban J connectivity index is 1.83. The van der Waals surface area contributed by atoms with E-state index in [2.05, 4.69) is 5.32 Å². The maximum atomic E-state index is 12.2. The largest absolute Gasteiger partial charge is 0.481 e. The molecule has 2 rings (SSSR count). The molecule has 0 spiro atoms. The molecule has 0 saturated carbocycles. The second-order valence-corrected chi connectivity index (χ2v) is 7.69. The Labute approximate surface area is 127 Å². The van der Waals surface area contributed by atoms with Crippen molar-refractivity contribution in [2.75, 3.05) is 24.6 Å². The zero-order valence-corrected chi connectivity index (χ0v) is 13.3. The van der Waals surface area contributed by atoms with E-state index in [0.29, 0.717) is 43.9 Å². The van der Waals surface area contributed by atoms with Gasteiger partial charge in [0.2, 0.25) is 0 Å². The Hall–Kier alpha value is -1.11. The smallest absolute Gasteiger partial charge is 0.317 e. The van der Waals surface area contributed by atoms with Gasteiger partial charge in [-0.3, -0.25) is 9.00 Å². The summed E-state index contributed by atoms with van der Waals surface area (Å²) in [5, 5.41) is 12.3. The molecule has 2 amide bonds. The molecule has 2 N–H and O–H groups in total. The molecule has 0 bridgehead atoms. The van der Waals surface area contributed by atoms with Crippen LogP contribution in [0.2, 0.25) is 0 Å². The third kappa shape index (κ3) is 3.75. The summed E-state index contributed by atoms with van der Waals surface area (Å²) in [7, 11) is -0.728. The summed E-state index contributed by atoms with van der Waals surface area (Å²) in [6.45, 7) is 2.88. The van der Waals surface area contributed by atoms with Gasteiger partial charge in [-0.05, 0) is 32.1 Å². The molecule has 2 saturated heterocycles. The van der Waals surface area contributed by atoms with Gasteiger partial charge in [0.15, 0.2) is 0 Å². The molecule has 0 aromatic rings. The average Bonchev–Trinajstić information content (AvgIpc) is 2.49. The lowest BCUT2D eigenvalue weighted by Gasteiger charge is -2.39. The average molecular weight is 316 g/mol. The summed E-state index contributed by atoms with van der Waals surface area (Å²) < 4.78 is 11.3. The van der Waals surface area contributed by atoms with Crippen LogP contribution in [0.3, 0.4) is 0 Å². The van der Waals surface area contributed by atoms with E-state index in [1.54, 1.807) is 4.90 Å². The van der Waals surface area contributed by atoms with Gasteiger partial charge in [0.25, 0.3) is 0 Å². The molecule has 0 radical (unpaired) electrons. The van der Waals surface area contributed by atoms with Crippen LogP contribution in [0.4, 0.5) is 4.79 Å². The van der Waals surface area contributed by atoms with Crippen molar-refractivity contribution in [2.24, 2.45) is 5.41 Å². The fraction of sp³-hybridized carbons (Fsp3) is 0.857. The predicted molar refractivity (Wildman–Crippen MR) is 80.6 cm³/mol.